The Kier molecular flexibility index (Phi) is 3.49. The molecule has 2 aromatic rings. The highest BCUT2D eigenvalue weighted by molar-refractivity contribution is 9.10. The van der Waals surface area contributed by atoms with Crippen LogP contribution in [0.15, 0.2) is 37.8 Å². The summed E-state index contributed by atoms with van der Waals surface area (Å²) in [6, 6.07) is 3.19. The van der Waals surface area contributed by atoms with Gasteiger partial charge in [-0.15, -0.1) is 0 Å². The molecule has 0 fully saturated rings. The first-order valence-electron chi connectivity index (χ1n) is 4.71. The molecule has 5 nitrogen and oxygen atoms in total. The molecule has 88 valence electrons. The Morgan fingerprint density at radius 2 is 2.24 bits per heavy atom. The number of aryl methyl sites for hydroxylation is 1. The van der Waals surface area contributed by atoms with Crippen LogP contribution in [0.3, 0.4) is 0 Å². The monoisotopic (exact) mass is 312 g/mol. The average Bonchev–Trinajstić information content (AvgIpc) is 2.21. The maximum atomic E-state index is 11.3. The van der Waals surface area contributed by atoms with Crippen LogP contribution in [0, 0.1) is 6.92 Å². The van der Waals surface area contributed by atoms with Crippen LogP contribution < -0.4 is 11.3 Å². The van der Waals surface area contributed by atoms with Crippen molar-refractivity contribution in [1.29, 1.82) is 0 Å². The molecule has 0 atom stereocenters. The molecular formula is C10H9BrN4OS. The first-order chi connectivity index (χ1) is 8.04. The molecule has 0 spiro atoms. The molecule has 3 N–H and O–H groups in total. The van der Waals surface area contributed by atoms with E-state index >= 15 is 0 Å². The molecule has 2 heterocycles. The number of nitrogens with zero attached hydrogens (tertiary/aromatic N) is 2. The van der Waals surface area contributed by atoms with Gasteiger partial charge in [0.2, 0.25) is 0 Å². The number of aromatic amines is 1. The number of hydrogen-bond acceptors (Lipinski definition) is 5. The van der Waals surface area contributed by atoms with Crippen molar-refractivity contribution in [3.63, 3.8) is 0 Å². The third-order valence-electron chi connectivity index (χ3n) is 1.89. The van der Waals surface area contributed by atoms with E-state index in [2.05, 4.69) is 30.9 Å². The molecule has 2 aromatic heterocycles. The van der Waals surface area contributed by atoms with E-state index in [4.69, 9.17) is 5.73 Å². The molecule has 0 amide bonds. The normalized spacial score (nSPS) is 10.5. The van der Waals surface area contributed by atoms with Crippen molar-refractivity contribution >= 4 is 33.4 Å². The summed E-state index contributed by atoms with van der Waals surface area (Å²) in [7, 11) is 0. The highest BCUT2D eigenvalue weighted by Gasteiger charge is 2.06. The number of nitrogen functional groups attached to an aromatic ring is 1. The zero-order valence-corrected chi connectivity index (χ0v) is 11.3. The van der Waals surface area contributed by atoms with Crippen LogP contribution >= 0.6 is 27.7 Å². The molecule has 0 saturated carbocycles. The van der Waals surface area contributed by atoms with E-state index in [0.29, 0.717) is 21.6 Å². The molecule has 17 heavy (non-hydrogen) atoms. The predicted octanol–water partition coefficient (Wildman–Crippen LogP) is 1.97. The van der Waals surface area contributed by atoms with Crippen molar-refractivity contribution in [2.45, 2.75) is 17.1 Å². The Balaban J connectivity index is 2.34. The average molecular weight is 313 g/mol. The number of H-pyrrole nitrogens is 1. The minimum Gasteiger partial charge on any atom is -0.396 e. The molecule has 0 bridgehead atoms. The molecule has 0 radical (unpaired) electrons. The standard InChI is InChI=1S/C10H9BrN4OS/c1-5-2-8(16)15-10(14-5)17-9-7(12)3-6(11)4-13-9/h2-4H,12H2,1H3,(H,14,15,16). The van der Waals surface area contributed by atoms with E-state index in [1.165, 1.54) is 17.8 Å². The van der Waals surface area contributed by atoms with Crippen LogP contribution in [0.2, 0.25) is 0 Å². The van der Waals surface area contributed by atoms with Gasteiger partial charge in [-0.3, -0.25) is 4.79 Å². The Bertz CT molecular complexity index is 613. The molecule has 0 saturated heterocycles. The van der Waals surface area contributed by atoms with Crippen LogP contribution in [-0.4, -0.2) is 15.0 Å². The fourth-order valence-electron chi connectivity index (χ4n) is 1.22. The number of hydrogen-bond donors (Lipinski definition) is 2. The van der Waals surface area contributed by atoms with Crippen LogP contribution in [0.5, 0.6) is 0 Å². The maximum absolute atomic E-state index is 11.3. The lowest BCUT2D eigenvalue weighted by Gasteiger charge is -2.04. The largest absolute Gasteiger partial charge is 0.396 e. The number of anilines is 1. The van der Waals surface area contributed by atoms with Crippen molar-refractivity contribution < 1.29 is 0 Å². The Morgan fingerprint density at radius 1 is 1.47 bits per heavy atom. The highest BCUT2D eigenvalue weighted by atomic mass is 79.9. The van der Waals surface area contributed by atoms with Gasteiger partial charge in [0.1, 0.15) is 5.03 Å². The van der Waals surface area contributed by atoms with Gasteiger partial charge in [0.15, 0.2) is 5.16 Å². The lowest BCUT2D eigenvalue weighted by Crippen LogP contribution is -2.08. The first kappa shape index (κ1) is 12.1. The zero-order chi connectivity index (χ0) is 12.4. The molecule has 0 unspecified atom stereocenters. The number of rotatable bonds is 2. The predicted molar refractivity (Wildman–Crippen MR) is 70.1 cm³/mol. The van der Waals surface area contributed by atoms with Gasteiger partial charge in [0.25, 0.3) is 5.56 Å². The number of nitrogens with two attached hydrogens (primary N) is 1. The SMILES string of the molecule is Cc1cc(=O)[nH]c(Sc2ncc(Br)cc2N)n1. The summed E-state index contributed by atoms with van der Waals surface area (Å²) in [6.45, 7) is 1.76. The second-order valence-electron chi connectivity index (χ2n) is 3.34. The van der Waals surface area contributed by atoms with E-state index in [1.54, 1.807) is 19.2 Å². The molecule has 2 rings (SSSR count). The lowest BCUT2D eigenvalue weighted by molar-refractivity contribution is 0.902. The van der Waals surface area contributed by atoms with Crippen LogP contribution in [-0.2, 0) is 0 Å². The highest BCUT2D eigenvalue weighted by Crippen LogP contribution is 2.28. The summed E-state index contributed by atoms with van der Waals surface area (Å²) in [4.78, 5) is 22.3. The van der Waals surface area contributed by atoms with Gasteiger partial charge in [-0.1, -0.05) is 0 Å². The van der Waals surface area contributed by atoms with Crippen LogP contribution in [0.4, 0.5) is 5.69 Å². The quantitative estimate of drug-likeness (QED) is 0.828. The minimum absolute atomic E-state index is 0.185. The van der Waals surface area contributed by atoms with Gasteiger partial charge in [-0.25, -0.2) is 9.97 Å². The van der Waals surface area contributed by atoms with Crippen molar-refractivity contribution in [2.75, 3.05) is 5.73 Å². The van der Waals surface area contributed by atoms with Gasteiger partial charge >= 0.3 is 0 Å². The summed E-state index contributed by atoms with van der Waals surface area (Å²) >= 11 is 4.51. The number of pyridine rings is 1. The van der Waals surface area contributed by atoms with Crippen molar-refractivity contribution in [1.82, 2.24) is 15.0 Å². The zero-order valence-electron chi connectivity index (χ0n) is 8.90. The summed E-state index contributed by atoms with van der Waals surface area (Å²) in [5.41, 5.74) is 6.82. The molecule has 7 heteroatoms. The molecule has 0 aliphatic carbocycles. The fraction of sp³-hybridized carbons (Fsp3) is 0.100. The fourth-order valence-corrected chi connectivity index (χ4v) is 2.37. The van der Waals surface area contributed by atoms with Gasteiger partial charge in [-0.05, 0) is 40.7 Å². The second kappa shape index (κ2) is 4.89. The summed E-state index contributed by atoms with van der Waals surface area (Å²) < 4.78 is 0.810. The van der Waals surface area contributed by atoms with Gasteiger partial charge in [0.05, 0.1) is 5.69 Å². The third kappa shape index (κ3) is 3.07. The molecular weight excluding hydrogens is 304 g/mol. The summed E-state index contributed by atoms with van der Waals surface area (Å²) in [5.74, 6) is 0. The third-order valence-corrected chi connectivity index (χ3v) is 3.24. The number of nitrogens with one attached hydrogen (secondary N) is 1. The topological polar surface area (TPSA) is 84.7 Å². The van der Waals surface area contributed by atoms with Crippen molar-refractivity contribution in [2.24, 2.45) is 0 Å². The first-order valence-corrected chi connectivity index (χ1v) is 6.32. The summed E-state index contributed by atoms with van der Waals surface area (Å²) in [6.07, 6.45) is 1.65. The maximum Gasteiger partial charge on any atom is 0.251 e. The number of halogens is 1. The van der Waals surface area contributed by atoms with E-state index in [-0.39, 0.29) is 5.56 Å². The molecule has 0 aliphatic heterocycles. The van der Waals surface area contributed by atoms with E-state index in [9.17, 15) is 4.79 Å². The Hall–Kier alpha value is -1.34. The van der Waals surface area contributed by atoms with Gasteiger partial charge in [-0.2, -0.15) is 0 Å². The number of aromatic nitrogens is 3. The van der Waals surface area contributed by atoms with Crippen molar-refractivity contribution in [3.05, 3.63) is 38.9 Å². The van der Waals surface area contributed by atoms with Crippen LogP contribution in [0.1, 0.15) is 5.69 Å². The molecule has 0 aliphatic rings. The molecule has 0 aromatic carbocycles. The smallest absolute Gasteiger partial charge is 0.251 e. The van der Waals surface area contributed by atoms with E-state index in [1.807, 2.05) is 0 Å². The van der Waals surface area contributed by atoms with E-state index < -0.39 is 0 Å². The Labute approximate surface area is 110 Å². The lowest BCUT2D eigenvalue weighted by atomic mass is 10.4. The minimum atomic E-state index is -0.185. The van der Waals surface area contributed by atoms with Crippen molar-refractivity contribution in [3.8, 4) is 0 Å². The Morgan fingerprint density at radius 3 is 2.88 bits per heavy atom. The van der Waals surface area contributed by atoms with Crippen LogP contribution in [0.25, 0.3) is 0 Å². The van der Waals surface area contributed by atoms with Gasteiger partial charge < -0.3 is 10.7 Å². The second-order valence-corrected chi connectivity index (χ2v) is 5.24. The summed E-state index contributed by atoms with van der Waals surface area (Å²) in [5, 5.41) is 1.10. The van der Waals surface area contributed by atoms with E-state index in [0.717, 1.165) is 4.47 Å². The van der Waals surface area contributed by atoms with Gasteiger partial charge in [0, 0.05) is 22.4 Å².